The smallest absolute Gasteiger partial charge is 0.338 e. The fraction of sp³-hybridized carbons (Fsp3) is 0.417. The third-order valence-electron chi connectivity index (χ3n) is 2.58. The number of aromatic carboxylic acids is 1. The van der Waals surface area contributed by atoms with Crippen LogP contribution >= 0.6 is 11.8 Å². The van der Waals surface area contributed by atoms with Crippen LogP contribution < -0.4 is 5.32 Å². The summed E-state index contributed by atoms with van der Waals surface area (Å²) in [6.07, 6.45) is 2.79. The molecule has 1 aromatic rings. The van der Waals surface area contributed by atoms with Gasteiger partial charge in [-0.25, -0.2) is 13.6 Å². The second-order valence-electron chi connectivity index (χ2n) is 3.86. The predicted octanol–water partition coefficient (Wildman–Crippen LogP) is 3.22. The molecule has 3 nitrogen and oxygen atoms in total. The number of thioether (sulfide) groups is 1. The second-order valence-corrected chi connectivity index (χ2v) is 5.13. The van der Waals surface area contributed by atoms with E-state index in [1.807, 2.05) is 13.2 Å². The summed E-state index contributed by atoms with van der Waals surface area (Å²) in [6, 6.07) is 2.30. The molecule has 0 saturated heterocycles. The Morgan fingerprint density at radius 2 is 2.11 bits per heavy atom. The van der Waals surface area contributed by atoms with Gasteiger partial charge in [-0.3, -0.25) is 0 Å². The summed E-state index contributed by atoms with van der Waals surface area (Å²) in [6.45, 7) is 2.54. The molecule has 100 valence electrons. The van der Waals surface area contributed by atoms with Crippen LogP contribution in [0.25, 0.3) is 0 Å². The molecule has 0 spiro atoms. The van der Waals surface area contributed by atoms with E-state index in [1.165, 1.54) is 6.07 Å². The van der Waals surface area contributed by atoms with Gasteiger partial charge in [0.1, 0.15) is 0 Å². The summed E-state index contributed by atoms with van der Waals surface area (Å²) in [4.78, 5) is 10.6. The van der Waals surface area contributed by atoms with Gasteiger partial charge in [0.15, 0.2) is 11.6 Å². The molecule has 1 aromatic carbocycles. The lowest BCUT2D eigenvalue weighted by Gasteiger charge is -2.11. The second kappa shape index (κ2) is 6.58. The first-order valence-corrected chi connectivity index (χ1v) is 6.74. The fourth-order valence-corrected chi connectivity index (χ4v) is 1.73. The number of benzene rings is 1. The Balaban J connectivity index is 2.74. The van der Waals surface area contributed by atoms with E-state index in [-0.39, 0.29) is 5.69 Å². The number of hydrogen-bond acceptors (Lipinski definition) is 3. The summed E-state index contributed by atoms with van der Waals surface area (Å²) < 4.78 is 26.9. The van der Waals surface area contributed by atoms with E-state index in [0.29, 0.717) is 11.8 Å². The average Bonchev–Trinajstić information content (AvgIpc) is 2.33. The topological polar surface area (TPSA) is 49.3 Å². The van der Waals surface area contributed by atoms with Gasteiger partial charge in [-0.05, 0) is 24.8 Å². The van der Waals surface area contributed by atoms with Crippen molar-refractivity contribution in [3.05, 3.63) is 29.3 Å². The molecule has 0 radical (unpaired) electrons. The third kappa shape index (κ3) is 3.60. The van der Waals surface area contributed by atoms with Crippen molar-refractivity contribution in [3.8, 4) is 0 Å². The monoisotopic (exact) mass is 275 g/mol. The quantitative estimate of drug-likeness (QED) is 0.837. The molecule has 0 aliphatic heterocycles. The Kier molecular flexibility index (Phi) is 5.40. The Bertz CT molecular complexity index is 440. The summed E-state index contributed by atoms with van der Waals surface area (Å²) >= 11 is 1.69. The van der Waals surface area contributed by atoms with E-state index < -0.39 is 23.2 Å². The zero-order valence-corrected chi connectivity index (χ0v) is 11.0. The number of carboxylic acids is 1. The van der Waals surface area contributed by atoms with Crippen molar-refractivity contribution in [2.75, 3.05) is 18.1 Å². The van der Waals surface area contributed by atoms with Crippen molar-refractivity contribution in [2.24, 2.45) is 0 Å². The lowest BCUT2D eigenvalue weighted by molar-refractivity contribution is 0.0690. The molecule has 1 rings (SSSR count). The van der Waals surface area contributed by atoms with Crippen LogP contribution in [-0.2, 0) is 0 Å². The first-order valence-electron chi connectivity index (χ1n) is 5.45. The maximum absolute atomic E-state index is 13.5. The van der Waals surface area contributed by atoms with Crippen LogP contribution in [0, 0.1) is 11.6 Å². The van der Waals surface area contributed by atoms with Crippen molar-refractivity contribution in [3.63, 3.8) is 0 Å². The van der Waals surface area contributed by atoms with Crippen LogP contribution in [0.3, 0.4) is 0 Å². The normalized spacial score (nSPS) is 12.2. The van der Waals surface area contributed by atoms with Crippen molar-refractivity contribution in [2.45, 2.75) is 18.6 Å². The predicted molar refractivity (Wildman–Crippen MR) is 69.4 cm³/mol. The highest BCUT2D eigenvalue weighted by atomic mass is 32.2. The number of rotatable bonds is 6. The molecule has 6 heteroatoms. The largest absolute Gasteiger partial charge is 0.478 e. The van der Waals surface area contributed by atoms with E-state index >= 15 is 0 Å². The van der Waals surface area contributed by atoms with Crippen LogP contribution in [0.1, 0.15) is 23.7 Å². The van der Waals surface area contributed by atoms with E-state index in [2.05, 4.69) is 5.32 Å². The minimum absolute atomic E-state index is 0.00852. The van der Waals surface area contributed by atoms with Crippen LogP contribution in [0.5, 0.6) is 0 Å². The molecular formula is C12H15F2NO2S. The molecule has 1 unspecified atom stereocenters. The summed E-state index contributed by atoms with van der Waals surface area (Å²) in [5.74, 6) is -3.95. The molecule has 1 atom stereocenters. The zero-order valence-electron chi connectivity index (χ0n) is 10.2. The van der Waals surface area contributed by atoms with Crippen molar-refractivity contribution >= 4 is 23.4 Å². The molecule has 18 heavy (non-hydrogen) atoms. The number of anilines is 1. The number of carbonyl (C=O) groups is 1. The average molecular weight is 275 g/mol. The standard InChI is InChI=1S/C12H15F2NO2S/c1-7(18-2)5-6-15-9-4-3-8(12(16)17)10(13)11(9)14/h3-4,7,15H,5-6H2,1-2H3,(H,16,17). The van der Waals surface area contributed by atoms with Gasteiger partial charge < -0.3 is 10.4 Å². The lowest BCUT2D eigenvalue weighted by atomic mass is 10.1. The van der Waals surface area contributed by atoms with Crippen molar-refractivity contribution < 1.29 is 18.7 Å². The van der Waals surface area contributed by atoms with Gasteiger partial charge in [-0.1, -0.05) is 6.92 Å². The maximum atomic E-state index is 13.5. The van der Waals surface area contributed by atoms with Crippen LogP contribution in [0.15, 0.2) is 12.1 Å². The Morgan fingerprint density at radius 3 is 2.67 bits per heavy atom. The Morgan fingerprint density at radius 1 is 1.44 bits per heavy atom. The van der Waals surface area contributed by atoms with E-state index in [4.69, 9.17) is 5.11 Å². The SMILES string of the molecule is CSC(C)CCNc1ccc(C(=O)O)c(F)c1F. The van der Waals surface area contributed by atoms with Gasteiger partial charge in [0.05, 0.1) is 11.3 Å². The maximum Gasteiger partial charge on any atom is 0.338 e. The van der Waals surface area contributed by atoms with Gasteiger partial charge in [0.2, 0.25) is 0 Å². The van der Waals surface area contributed by atoms with Gasteiger partial charge in [-0.15, -0.1) is 0 Å². The first kappa shape index (κ1) is 14.8. The van der Waals surface area contributed by atoms with Crippen LogP contribution in [0.2, 0.25) is 0 Å². The summed E-state index contributed by atoms with van der Waals surface area (Å²) in [5.41, 5.74) is -0.665. The molecule has 0 bridgehead atoms. The molecular weight excluding hydrogens is 260 g/mol. The van der Waals surface area contributed by atoms with Gasteiger partial charge in [0.25, 0.3) is 0 Å². The summed E-state index contributed by atoms with van der Waals surface area (Å²) in [7, 11) is 0. The van der Waals surface area contributed by atoms with Crippen molar-refractivity contribution in [1.29, 1.82) is 0 Å². The minimum atomic E-state index is -1.48. The molecule has 0 aliphatic carbocycles. The molecule has 0 saturated carbocycles. The van der Waals surface area contributed by atoms with Gasteiger partial charge in [-0.2, -0.15) is 11.8 Å². The number of carboxylic acid groups (broad SMARTS) is 1. The molecule has 0 heterocycles. The van der Waals surface area contributed by atoms with Crippen LogP contribution in [0.4, 0.5) is 14.5 Å². The summed E-state index contributed by atoms with van der Waals surface area (Å²) in [5, 5.41) is 11.8. The molecule has 0 fully saturated rings. The highest BCUT2D eigenvalue weighted by molar-refractivity contribution is 7.99. The van der Waals surface area contributed by atoms with E-state index in [9.17, 15) is 13.6 Å². The zero-order chi connectivity index (χ0) is 13.7. The minimum Gasteiger partial charge on any atom is -0.478 e. The molecule has 0 aliphatic rings. The highest BCUT2D eigenvalue weighted by Crippen LogP contribution is 2.21. The van der Waals surface area contributed by atoms with Crippen molar-refractivity contribution in [1.82, 2.24) is 0 Å². The number of halogens is 2. The Labute approximate surface area is 109 Å². The van der Waals surface area contributed by atoms with E-state index in [0.717, 1.165) is 12.5 Å². The molecule has 0 aromatic heterocycles. The third-order valence-corrected chi connectivity index (χ3v) is 3.62. The van der Waals surface area contributed by atoms with Crippen LogP contribution in [-0.4, -0.2) is 29.1 Å². The molecule has 2 N–H and O–H groups in total. The Hall–Kier alpha value is -1.30. The van der Waals surface area contributed by atoms with E-state index in [1.54, 1.807) is 11.8 Å². The number of hydrogen-bond donors (Lipinski definition) is 2. The molecule has 0 amide bonds. The fourth-order valence-electron chi connectivity index (χ4n) is 1.38. The first-order chi connectivity index (χ1) is 8.47. The lowest BCUT2D eigenvalue weighted by Crippen LogP contribution is -2.11. The number of nitrogens with one attached hydrogen (secondary N) is 1. The highest BCUT2D eigenvalue weighted by Gasteiger charge is 2.17. The van der Waals surface area contributed by atoms with Gasteiger partial charge >= 0.3 is 5.97 Å². The van der Waals surface area contributed by atoms with Gasteiger partial charge in [0, 0.05) is 11.8 Å².